The summed E-state index contributed by atoms with van der Waals surface area (Å²) in [6, 6.07) is 12.6. The lowest BCUT2D eigenvalue weighted by molar-refractivity contribution is -0.142. The SMILES string of the molecule is CCC(CC)C(=O)N1CCC[C@@H]1C(=O)NC(Cc1ccc2ccccc2c1)C(N)=O. The first-order valence-corrected chi connectivity index (χ1v) is 10.8. The van der Waals surface area contributed by atoms with Gasteiger partial charge in [0.1, 0.15) is 12.1 Å². The Bertz CT molecular complexity index is 923. The summed E-state index contributed by atoms with van der Waals surface area (Å²) in [5.41, 5.74) is 6.52. The third kappa shape index (κ3) is 4.81. The Kier molecular flexibility index (Phi) is 7.08. The summed E-state index contributed by atoms with van der Waals surface area (Å²) in [7, 11) is 0. The normalized spacial score (nSPS) is 17.3. The van der Waals surface area contributed by atoms with Crippen molar-refractivity contribution in [1.29, 1.82) is 0 Å². The van der Waals surface area contributed by atoms with E-state index in [9.17, 15) is 14.4 Å². The molecule has 30 heavy (non-hydrogen) atoms. The Labute approximate surface area is 177 Å². The van der Waals surface area contributed by atoms with E-state index in [0.717, 1.165) is 35.6 Å². The first kappa shape index (κ1) is 21.8. The van der Waals surface area contributed by atoms with Gasteiger partial charge in [0.05, 0.1) is 0 Å². The molecule has 3 N–H and O–H groups in total. The molecule has 1 saturated heterocycles. The molecule has 3 amide bonds. The van der Waals surface area contributed by atoms with E-state index >= 15 is 0 Å². The lowest BCUT2D eigenvalue weighted by atomic mass is 10.00. The van der Waals surface area contributed by atoms with Crippen LogP contribution in [-0.4, -0.2) is 41.2 Å². The summed E-state index contributed by atoms with van der Waals surface area (Å²) in [5, 5.41) is 4.99. The number of nitrogens with one attached hydrogen (secondary N) is 1. The monoisotopic (exact) mass is 409 g/mol. The van der Waals surface area contributed by atoms with Crippen LogP contribution in [0.3, 0.4) is 0 Å². The number of hydrogen-bond acceptors (Lipinski definition) is 3. The minimum absolute atomic E-state index is 0.0304. The average molecular weight is 410 g/mol. The van der Waals surface area contributed by atoms with Crippen molar-refractivity contribution in [3.8, 4) is 0 Å². The van der Waals surface area contributed by atoms with E-state index in [0.29, 0.717) is 19.4 Å². The Morgan fingerprint density at radius 1 is 1.10 bits per heavy atom. The molecule has 160 valence electrons. The summed E-state index contributed by atoms with van der Waals surface area (Å²) in [4.78, 5) is 39.5. The second-order valence-corrected chi connectivity index (χ2v) is 8.05. The number of likely N-dealkylation sites (tertiary alicyclic amines) is 1. The van der Waals surface area contributed by atoms with E-state index in [1.807, 2.05) is 56.3 Å². The summed E-state index contributed by atoms with van der Waals surface area (Å²) in [6.07, 6.45) is 3.23. The summed E-state index contributed by atoms with van der Waals surface area (Å²) < 4.78 is 0. The van der Waals surface area contributed by atoms with E-state index in [4.69, 9.17) is 5.73 Å². The zero-order chi connectivity index (χ0) is 21.7. The van der Waals surface area contributed by atoms with E-state index in [1.54, 1.807) is 4.90 Å². The molecule has 0 aliphatic carbocycles. The number of benzene rings is 2. The van der Waals surface area contributed by atoms with Gasteiger partial charge in [-0.2, -0.15) is 0 Å². The van der Waals surface area contributed by atoms with Crippen LogP contribution < -0.4 is 11.1 Å². The summed E-state index contributed by atoms with van der Waals surface area (Å²) >= 11 is 0. The van der Waals surface area contributed by atoms with Crippen LogP contribution in [0.25, 0.3) is 10.8 Å². The molecule has 0 saturated carbocycles. The summed E-state index contributed by atoms with van der Waals surface area (Å²) in [6.45, 7) is 4.56. The maximum Gasteiger partial charge on any atom is 0.243 e. The zero-order valence-electron chi connectivity index (χ0n) is 17.8. The second kappa shape index (κ2) is 9.74. The van der Waals surface area contributed by atoms with Gasteiger partial charge in [-0.05, 0) is 42.0 Å². The molecule has 1 unspecified atom stereocenters. The number of primary amides is 1. The van der Waals surface area contributed by atoms with E-state index < -0.39 is 18.0 Å². The Balaban J connectivity index is 1.71. The van der Waals surface area contributed by atoms with E-state index in [2.05, 4.69) is 5.32 Å². The minimum Gasteiger partial charge on any atom is -0.368 e. The molecule has 2 aromatic rings. The fraction of sp³-hybridized carbons (Fsp3) is 0.458. The van der Waals surface area contributed by atoms with Crippen LogP contribution in [-0.2, 0) is 20.8 Å². The quantitative estimate of drug-likeness (QED) is 0.702. The topological polar surface area (TPSA) is 92.5 Å². The standard InChI is InChI=1S/C24H31N3O3/c1-3-17(4-2)24(30)27-13-7-10-21(27)23(29)26-20(22(25)28)15-16-11-12-18-8-5-6-9-19(18)14-16/h5-6,8-9,11-12,14,17,20-21H,3-4,7,10,13,15H2,1-2H3,(H2,25,28)(H,26,29)/t20?,21-/m1/s1. The highest BCUT2D eigenvalue weighted by Crippen LogP contribution is 2.23. The zero-order valence-corrected chi connectivity index (χ0v) is 17.8. The number of carbonyl (C=O) groups excluding carboxylic acids is 3. The highest BCUT2D eigenvalue weighted by atomic mass is 16.2. The molecule has 3 rings (SSSR count). The maximum atomic E-state index is 13.0. The van der Waals surface area contributed by atoms with Crippen molar-refractivity contribution in [2.24, 2.45) is 11.7 Å². The largest absolute Gasteiger partial charge is 0.368 e. The van der Waals surface area contributed by atoms with Crippen molar-refractivity contribution in [2.75, 3.05) is 6.54 Å². The van der Waals surface area contributed by atoms with Gasteiger partial charge in [0.25, 0.3) is 0 Å². The van der Waals surface area contributed by atoms with Crippen molar-refractivity contribution < 1.29 is 14.4 Å². The van der Waals surface area contributed by atoms with Crippen LogP contribution in [0, 0.1) is 5.92 Å². The van der Waals surface area contributed by atoms with Gasteiger partial charge in [0.15, 0.2) is 0 Å². The number of rotatable bonds is 8. The molecular formula is C24H31N3O3. The molecule has 6 nitrogen and oxygen atoms in total. The molecule has 0 aromatic heterocycles. The molecular weight excluding hydrogens is 378 g/mol. The van der Waals surface area contributed by atoms with Gasteiger partial charge in [0.2, 0.25) is 17.7 Å². The second-order valence-electron chi connectivity index (χ2n) is 8.05. The fourth-order valence-corrected chi connectivity index (χ4v) is 4.27. The van der Waals surface area contributed by atoms with Gasteiger partial charge in [-0.1, -0.05) is 56.3 Å². The van der Waals surface area contributed by atoms with Crippen molar-refractivity contribution >= 4 is 28.5 Å². The van der Waals surface area contributed by atoms with Crippen molar-refractivity contribution in [3.63, 3.8) is 0 Å². The number of nitrogens with two attached hydrogens (primary N) is 1. The molecule has 2 atom stereocenters. The number of carbonyl (C=O) groups is 3. The number of fused-ring (bicyclic) bond motifs is 1. The lowest BCUT2D eigenvalue weighted by Gasteiger charge is -2.28. The van der Waals surface area contributed by atoms with Crippen molar-refractivity contribution in [1.82, 2.24) is 10.2 Å². The van der Waals surface area contributed by atoms with Crippen LogP contribution >= 0.6 is 0 Å². The van der Waals surface area contributed by atoms with Crippen LogP contribution in [0.2, 0.25) is 0 Å². The Morgan fingerprint density at radius 3 is 2.47 bits per heavy atom. The van der Waals surface area contributed by atoms with Crippen LogP contribution in [0.5, 0.6) is 0 Å². The first-order valence-electron chi connectivity index (χ1n) is 10.8. The van der Waals surface area contributed by atoms with Crippen LogP contribution in [0.1, 0.15) is 45.1 Å². The van der Waals surface area contributed by atoms with Gasteiger partial charge in [0, 0.05) is 18.9 Å². The Hall–Kier alpha value is -2.89. The fourth-order valence-electron chi connectivity index (χ4n) is 4.27. The van der Waals surface area contributed by atoms with Crippen LogP contribution in [0.4, 0.5) is 0 Å². The number of hydrogen-bond donors (Lipinski definition) is 2. The summed E-state index contributed by atoms with van der Waals surface area (Å²) in [5.74, 6) is -0.908. The first-order chi connectivity index (χ1) is 14.4. The third-order valence-electron chi connectivity index (χ3n) is 6.09. The molecule has 1 fully saturated rings. The van der Waals surface area contributed by atoms with Crippen molar-refractivity contribution in [3.05, 3.63) is 48.0 Å². The van der Waals surface area contributed by atoms with Crippen molar-refractivity contribution in [2.45, 2.75) is 58.0 Å². The van der Waals surface area contributed by atoms with E-state index in [-0.39, 0.29) is 17.7 Å². The van der Waals surface area contributed by atoms with E-state index in [1.165, 1.54) is 0 Å². The maximum absolute atomic E-state index is 13.0. The minimum atomic E-state index is -0.815. The predicted octanol–water partition coefficient (Wildman–Crippen LogP) is 2.78. The number of amides is 3. The molecule has 1 heterocycles. The molecule has 2 aromatic carbocycles. The lowest BCUT2D eigenvalue weighted by Crippen LogP contribution is -2.53. The Morgan fingerprint density at radius 2 is 1.80 bits per heavy atom. The molecule has 1 aliphatic heterocycles. The van der Waals surface area contributed by atoms with Gasteiger partial charge in [-0.25, -0.2) is 0 Å². The smallest absolute Gasteiger partial charge is 0.243 e. The molecule has 0 radical (unpaired) electrons. The predicted molar refractivity (Wildman–Crippen MR) is 118 cm³/mol. The van der Waals surface area contributed by atoms with Gasteiger partial charge < -0.3 is 16.0 Å². The highest BCUT2D eigenvalue weighted by Gasteiger charge is 2.37. The van der Waals surface area contributed by atoms with Gasteiger partial charge in [-0.3, -0.25) is 14.4 Å². The molecule has 0 bridgehead atoms. The average Bonchev–Trinajstić information content (AvgIpc) is 3.24. The van der Waals surface area contributed by atoms with Crippen LogP contribution in [0.15, 0.2) is 42.5 Å². The van der Waals surface area contributed by atoms with Gasteiger partial charge >= 0.3 is 0 Å². The van der Waals surface area contributed by atoms with Gasteiger partial charge in [-0.15, -0.1) is 0 Å². The molecule has 1 aliphatic rings. The molecule has 6 heteroatoms. The number of nitrogens with zero attached hydrogens (tertiary/aromatic N) is 1. The third-order valence-corrected chi connectivity index (χ3v) is 6.09. The molecule has 0 spiro atoms. The highest BCUT2D eigenvalue weighted by molar-refractivity contribution is 5.92.